The molecule has 0 spiro atoms. The third-order valence-corrected chi connectivity index (χ3v) is 3.52. The van der Waals surface area contributed by atoms with Crippen molar-refractivity contribution in [3.8, 4) is 0 Å². The van der Waals surface area contributed by atoms with Gasteiger partial charge in [0.2, 0.25) is 10.0 Å². The van der Waals surface area contributed by atoms with Crippen LogP contribution in [0.2, 0.25) is 0 Å². The largest absolute Gasteiger partial charge is 0.411 e. The Morgan fingerprint density at radius 2 is 1.94 bits per heavy atom. The molecule has 0 heterocycles. The van der Waals surface area contributed by atoms with Crippen LogP contribution >= 0.6 is 0 Å². The van der Waals surface area contributed by atoms with E-state index >= 15 is 0 Å². The van der Waals surface area contributed by atoms with Crippen LogP contribution in [0.1, 0.15) is 12.5 Å². The number of aldehydes is 1. The first-order chi connectivity index (χ1) is 7.99. The van der Waals surface area contributed by atoms with Crippen LogP contribution in [0.15, 0.2) is 34.3 Å². The quantitative estimate of drug-likeness (QED) is 0.344. The number of nitrogens with zero attached hydrogens (tertiary/aromatic N) is 1. The number of carbonyl (C=O) groups excluding carboxylic acids is 1. The Labute approximate surface area is 99.0 Å². The van der Waals surface area contributed by atoms with Crippen molar-refractivity contribution in [3.63, 3.8) is 0 Å². The number of oxime groups is 1. The molecule has 0 saturated carbocycles. The Hall–Kier alpha value is -1.73. The van der Waals surface area contributed by atoms with Gasteiger partial charge in [-0.2, -0.15) is 0 Å². The summed E-state index contributed by atoms with van der Waals surface area (Å²) in [7, 11) is -3.69. The molecule has 0 aromatic heterocycles. The number of sulfonamides is 1. The molecule has 0 aliphatic heterocycles. The van der Waals surface area contributed by atoms with Crippen molar-refractivity contribution < 1.29 is 18.4 Å². The first kappa shape index (κ1) is 13.3. The summed E-state index contributed by atoms with van der Waals surface area (Å²) in [5.74, 6) is 0. The van der Waals surface area contributed by atoms with Gasteiger partial charge in [-0.1, -0.05) is 17.3 Å². The molecular weight excluding hydrogens is 244 g/mol. The van der Waals surface area contributed by atoms with Gasteiger partial charge in [0.1, 0.15) is 6.29 Å². The maximum Gasteiger partial charge on any atom is 0.241 e. The Kier molecular flexibility index (Phi) is 4.36. The molecule has 1 rings (SSSR count). The Morgan fingerprint density at radius 3 is 2.41 bits per heavy atom. The lowest BCUT2D eigenvalue weighted by Gasteiger charge is -2.08. The third kappa shape index (κ3) is 3.65. The van der Waals surface area contributed by atoms with Gasteiger partial charge < -0.3 is 10.0 Å². The molecule has 0 saturated heterocycles. The second-order valence-corrected chi connectivity index (χ2v) is 5.07. The predicted octanol–water partition coefficient (Wildman–Crippen LogP) is 0.360. The average molecular weight is 256 g/mol. The normalized spacial score (nSPS) is 13.7. The molecule has 0 bridgehead atoms. The van der Waals surface area contributed by atoms with Crippen molar-refractivity contribution in [2.45, 2.75) is 17.9 Å². The Balaban J connectivity index is 2.96. The van der Waals surface area contributed by atoms with Crippen LogP contribution in [0.5, 0.6) is 0 Å². The zero-order valence-corrected chi connectivity index (χ0v) is 9.89. The van der Waals surface area contributed by atoms with Gasteiger partial charge in [-0.3, -0.25) is 0 Å². The van der Waals surface area contributed by atoms with Crippen molar-refractivity contribution in [1.29, 1.82) is 0 Å². The van der Waals surface area contributed by atoms with E-state index in [0.717, 1.165) is 0 Å². The van der Waals surface area contributed by atoms with Crippen LogP contribution in [0.3, 0.4) is 0 Å². The predicted molar refractivity (Wildman–Crippen MR) is 61.7 cm³/mol. The SMILES string of the molecule is C[C@H](C=O)NS(=O)(=O)c1ccc(/C=N/O)cc1. The molecule has 17 heavy (non-hydrogen) atoms. The van der Waals surface area contributed by atoms with E-state index in [0.29, 0.717) is 11.8 Å². The van der Waals surface area contributed by atoms with E-state index in [1.807, 2.05) is 0 Å². The van der Waals surface area contributed by atoms with Gasteiger partial charge >= 0.3 is 0 Å². The van der Waals surface area contributed by atoms with Crippen LogP contribution in [0.25, 0.3) is 0 Å². The first-order valence-electron chi connectivity index (χ1n) is 4.74. The van der Waals surface area contributed by atoms with E-state index < -0.39 is 16.1 Å². The zero-order valence-electron chi connectivity index (χ0n) is 9.07. The lowest BCUT2D eigenvalue weighted by molar-refractivity contribution is -0.108. The van der Waals surface area contributed by atoms with Crippen LogP contribution in [0.4, 0.5) is 0 Å². The molecule has 0 aliphatic carbocycles. The van der Waals surface area contributed by atoms with Crippen LogP contribution in [-0.4, -0.2) is 32.2 Å². The lowest BCUT2D eigenvalue weighted by atomic mass is 10.2. The first-order valence-corrected chi connectivity index (χ1v) is 6.23. The van der Waals surface area contributed by atoms with Gasteiger partial charge in [0.25, 0.3) is 0 Å². The molecule has 0 fully saturated rings. The molecule has 7 heteroatoms. The highest BCUT2D eigenvalue weighted by Gasteiger charge is 2.16. The fraction of sp³-hybridized carbons (Fsp3) is 0.200. The summed E-state index contributed by atoms with van der Waals surface area (Å²) < 4.78 is 25.6. The maximum absolute atomic E-state index is 11.7. The number of hydrogen-bond acceptors (Lipinski definition) is 5. The summed E-state index contributed by atoms with van der Waals surface area (Å²) in [5.41, 5.74) is 0.565. The van der Waals surface area contributed by atoms with Crippen LogP contribution in [-0.2, 0) is 14.8 Å². The maximum atomic E-state index is 11.7. The van der Waals surface area contributed by atoms with Crippen molar-refractivity contribution >= 4 is 22.5 Å². The fourth-order valence-corrected chi connectivity index (χ4v) is 2.32. The molecule has 0 amide bonds. The average Bonchev–Trinajstić information content (AvgIpc) is 2.29. The van der Waals surface area contributed by atoms with Crippen LogP contribution in [0, 0.1) is 0 Å². The van der Waals surface area contributed by atoms with E-state index in [4.69, 9.17) is 5.21 Å². The molecule has 0 radical (unpaired) electrons. The summed E-state index contributed by atoms with van der Waals surface area (Å²) in [5, 5.41) is 11.1. The number of carbonyl (C=O) groups is 1. The highest BCUT2D eigenvalue weighted by atomic mass is 32.2. The molecule has 0 unspecified atom stereocenters. The summed E-state index contributed by atoms with van der Waals surface area (Å²) >= 11 is 0. The van der Waals surface area contributed by atoms with Crippen molar-refractivity contribution in [2.24, 2.45) is 5.16 Å². The fourth-order valence-electron chi connectivity index (χ4n) is 1.14. The van der Waals surface area contributed by atoms with Crippen molar-refractivity contribution in [3.05, 3.63) is 29.8 Å². The third-order valence-electron chi connectivity index (χ3n) is 1.94. The Morgan fingerprint density at radius 1 is 1.35 bits per heavy atom. The topological polar surface area (TPSA) is 95.8 Å². The van der Waals surface area contributed by atoms with Crippen molar-refractivity contribution in [2.75, 3.05) is 0 Å². The lowest BCUT2D eigenvalue weighted by Crippen LogP contribution is -2.33. The minimum atomic E-state index is -3.69. The summed E-state index contributed by atoms with van der Waals surface area (Å²) in [6.07, 6.45) is 1.68. The number of rotatable bonds is 5. The molecular formula is C10H12N2O4S. The van der Waals surface area contributed by atoms with Gasteiger partial charge in [0.05, 0.1) is 17.2 Å². The highest BCUT2D eigenvalue weighted by Crippen LogP contribution is 2.09. The molecule has 92 valence electrons. The minimum absolute atomic E-state index is 0.0429. The summed E-state index contributed by atoms with van der Waals surface area (Å²) in [6.45, 7) is 1.44. The van der Waals surface area contributed by atoms with Gasteiger partial charge in [0, 0.05) is 0 Å². The highest BCUT2D eigenvalue weighted by molar-refractivity contribution is 7.89. The minimum Gasteiger partial charge on any atom is -0.411 e. The van der Waals surface area contributed by atoms with E-state index in [1.54, 1.807) is 0 Å². The van der Waals surface area contributed by atoms with Gasteiger partial charge in [-0.05, 0) is 24.6 Å². The van der Waals surface area contributed by atoms with Gasteiger partial charge in [0.15, 0.2) is 0 Å². The van der Waals surface area contributed by atoms with E-state index in [1.165, 1.54) is 37.4 Å². The summed E-state index contributed by atoms with van der Waals surface area (Å²) in [6, 6.07) is 4.91. The smallest absolute Gasteiger partial charge is 0.241 e. The number of benzene rings is 1. The second-order valence-electron chi connectivity index (χ2n) is 3.36. The Bertz CT molecular complexity index is 508. The summed E-state index contributed by atoms with van der Waals surface area (Å²) in [4.78, 5) is 10.4. The molecule has 1 aromatic rings. The van der Waals surface area contributed by atoms with E-state index in [9.17, 15) is 13.2 Å². The number of nitrogens with one attached hydrogen (secondary N) is 1. The molecule has 1 atom stereocenters. The van der Waals surface area contributed by atoms with Gasteiger partial charge in [-0.15, -0.1) is 0 Å². The van der Waals surface area contributed by atoms with E-state index in [-0.39, 0.29) is 4.90 Å². The van der Waals surface area contributed by atoms with Crippen LogP contribution < -0.4 is 4.72 Å². The standard InChI is InChI=1S/C10H12N2O4S/c1-8(7-13)12-17(15,16)10-4-2-9(3-5-10)6-11-14/h2-8,12,14H,1H3/b11-6+/t8-/m1/s1. The molecule has 1 aromatic carbocycles. The molecule has 6 nitrogen and oxygen atoms in total. The number of hydrogen-bond donors (Lipinski definition) is 2. The molecule has 0 aliphatic rings. The molecule has 2 N–H and O–H groups in total. The van der Waals surface area contributed by atoms with Crippen molar-refractivity contribution in [1.82, 2.24) is 4.72 Å². The zero-order chi connectivity index (χ0) is 12.9. The second kappa shape index (κ2) is 5.55. The van der Waals surface area contributed by atoms with Gasteiger partial charge in [-0.25, -0.2) is 13.1 Å². The monoisotopic (exact) mass is 256 g/mol. The van der Waals surface area contributed by atoms with E-state index in [2.05, 4.69) is 9.88 Å².